The van der Waals surface area contributed by atoms with Gasteiger partial charge in [0.15, 0.2) is 0 Å². The van der Waals surface area contributed by atoms with E-state index in [1.807, 2.05) is 6.92 Å². The highest BCUT2D eigenvalue weighted by molar-refractivity contribution is 9.10. The summed E-state index contributed by atoms with van der Waals surface area (Å²) >= 11 is 9.26. The summed E-state index contributed by atoms with van der Waals surface area (Å²) in [5.41, 5.74) is 0. The van der Waals surface area contributed by atoms with Gasteiger partial charge in [-0.25, -0.2) is 9.97 Å². The van der Waals surface area contributed by atoms with Crippen molar-refractivity contribution >= 4 is 33.3 Å². The minimum atomic E-state index is 0.165. The van der Waals surface area contributed by atoms with Crippen molar-refractivity contribution in [1.29, 1.82) is 0 Å². The average molecular weight is 279 g/mol. The molecule has 14 heavy (non-hydrogen) atoms. The molecule has 1 rings (SSSR count). The first kappa shape index (κ1) is 11.7. The second-order valence-corrected chi connectivity index (χ2v) is 4.88. The Balaban J connectivity index is 2.56. The lowest BCUT2D eigenvalue weighted by Gasteiger charge is -2.15. The van der Waals surface area contributed by atoms with E-state index >= 15 is 0 Å². The van der Waals surface area contributed by atoms with Gasteiger partial charge in [-0.15, -0.1) is 11.6 Å². The lowest BCUT2D eigenvalue weighted by Crippen LogP contribution is -2.19. The fourth-order valence-corrected chi connectivity index (χ4v) is 1.80. The van der Waals surface area contributed by atoms with E-state index in [0.717, 1.165) is 16.7 Å². The van der Waals surface area contributed by atoms with E-state index in [0.29, 0.717) is 6.04 Å². The van der Waals surface area contributed by atoms with E-state index in [4.69, 9.17) is 11.6 Å². The van der Waals surface area contributed by atoms with Crippen molar-refractivity contribution in [3.05, 3.63) is 17.0 Å². The Hall–Kier alpha value is -0.350. The summed E-state index contributed by atoms with van der Waals surface area (Å²) in [7, 11) is 0. The maximum atomic E-state index is 5.89. The number of anilines is 1. The van der Waals surface area contributed by atoms with E-state index < -0.39 is 0 Å². The zero-order valence-electron chi connectivity index (χ0n) is 8.17. The van der Waals surface area contributed by atoms with Crippen molar-refractivity contribution in [3.63, 3.8) is 0 Å². The molecule has 1 aromatic heterocycles. The van der Waals surface area contributed by atoms with Crippen molar-refractivity contribution in [2.45, 2.75) is 31.7 Å². The van der Waals surface area contributed by atoms with Gasteiger partial charge in [-0.05, 0) is 36.2 Å². The number of rotatable bonds is 4. The van der Waals surface area contributed by atoms with Crippen LogP contribution in [0.5, 0.6) is 0 Å². The second-order valence-electron chi connectivity index (χ2n) is 3.28. The van der Waals surface area contributed by atoms with Gasteiger partial charge in [-0.1, -0.05) is 0 Å². The summed E-state index contributed by atoms with van der Waals surface area (Å²) in [6, 6.07) is 0.300. The Morgan fingerprint density at radius 1 is 1.57 bits per heavy atom. The Morgan fingerprint density at radius 2 is 2.29 bits per heavy atom. The molecule has 3 nitrogen and oxygen atoms in total. The van der Waals surface area contributed by atoms with Gasteiger partial charge in [0, 0.05) is 17.6 Å². The summed E-state index contributed by atoms with van der Waals surface area (Å²) in [4.78, 5) is 8.00. The van der Waals surface area contributed by atoms with Crippen molar-refractivity contribution in [3.8, 4) is 0 Å². The minimum absolute atomic E-state index is 0.165. The normalized spacial score (nSPS) is 14.9. The van der Waals surface area contributed by atoms with Crippen LogP contribution in [0.3, 0.4) is 0 Å². The van der Waals surface area contributed by atoms with Gasteiger partial charge in [0.1, 0.15) is 12.1 Å². The van der Waals surface area contributed by atoms with Crippen LogP contribution in [-0.2, 0) is 0 Å². The van der Waals surface area contributed by atoms with Crippen LogP contribution < -0.4 is 5.32 Å². The van der Waals surface area contributed by atoms with Crippen LogP contribution in [0.25, 0.3) is 0 Å². The second kappa shape index (κ2) is 5.51. The number of hydrogen-bond donors (Lipinski definition) is 1. The number of halogens is 2. The SMILES string of the molecule is CC(Cl)CC(C)Nc1ncncc1Br. The summed E-state index contributed by atoms with van der Waals surface area (Å²) in [6.07, 6.45) is 4.13. The number of alkyl halides is 1. The lowest BCUT2D eigenvalue weighted by molar-refractivity contribution is 0.692. The highest BCUT2D eigenvalue weighted by Crippen LogP contribution is 2.19. The molecule has 0 bridgehead atoms. The predicted molar refractivity (Wildman–Crippen MR) is 62.7 cm³/mol. The van der Waals surface area contributed by atoms with Crippen molar-refractivity contribution in [2.24, 2.45) is 0 Å². The largest absolute Gasteiger partial charge is 0.367 e. The molecule has 1 heterocycles. The lowest BCUT2D eigenvalue weighted by atomic mass is 10.2. The van der Waals surface area contributed by atoms with E-state index in [1.165, 1.54) is 6.33 Å². The summed E-state index contributed by atoms with van der Waals surface area (Å²) in [5, 5.41) is 3.42. The van der Waals surface area contributed by atoms with Crippen LogP contribution in [-0.4, -0.2) is 21.4 Å². The molecule has 0 aliphatic carbocycles. The van der Waals surface area contributed by atoms with Crippen molar-refractivity contribution in [2.75, 3.05) is 5.32 Å². The molecule has 0 aliphatic rings. The molecule has 0 fully saturated rings. The predicted octanol–water partition coefficient (Wildman–Crippen LogP) is 3.06. The standard InChI is InChI=1S/C9H13BrClN3/c1-6(11)3-7(2)14-9-8(10)4-12-5-13-9/h4-7H,3H2,1-2H3,(H,12,13,14). The Labute approximate surface area is 97.4 Å². The number of nitrogens with one attached hydrogen (secondary N) is 1. The van der Waals surface area contributed by atoms with Gasteiger partial charge in [-0.3, -0.25) is 0 Å². The van der Waals surface area contributed by atoms with Gasteiger partial charge in [0.05, 0.1) is 4.47 Å². The van der Waals surface area contributed by atoms with Gasteiger partial charge < -0.3 is 5.32 Å². The fraction of sp³-hybridized carbons (Fsp3) is 0.556. The highest BCUT2D eigenvalue weighted by Gasteiger charge is 2.08. The molecular formula is C9H13BrClN3. The number of aromatic nitrogens is 2. The third-order valence-electron chi connectivity index (χ3n) is 1.73. The molecule has 0 saturated heterocycles. The van der Waals surface area contributed by atoms with Crippen LogP contribution >= 0.6 is 27.5 Å². The third-order valence-corrected chi connectivity index (χ3v) is 2.49. The smallest absolute Gasteiger partial charge is 0.143 e. The maximum absolute atomic E-state index is 5.89. The minimum Gasteiger partial charge on any atom is -0.367 e. The molecule has 0 saturated carbocycles. The number of nitrogens with zero attached hydrogens (tertiary/aromatic N) is 2. The highest BCUT2D eigenvalue weighted by atomic mass is 79.9. The van der Waals surface area contributed by atoms with E-state index in [9.17, 15) is 0 Å². The Morgan fingerprint density at radius 3 is 2.86 bits per heavy atom. The molecule has 0 aliphatic heterocycles. The Bertz CT molecular complexity index is 293. The third kappa shape index (κ3) is 3.80. The molecular weight excluding hydrogens is 265 g/mol. The van der Waals surface area contributed by atoms with Crippen LogP contribution in [0.15, 0.2) is 17.0 Å². The molecule has 0 radical (unpaired) electrons. The summed E-state index contributed by atoms with van der Waals surface area (Å²) in [5.74, 6) is 0.810. The van der Waals surface area contributed by atoms with E-state index in [1.54, 1.807) is 6.20 Å². The molecule has 5 heteroatoms. The summed E-state index contributed by atoms with van der Waals surface area (Å²) in [6.45, 7) is 4.06. The zero-order chi connectivity index (χ0) is 10.6. The molecule has 78 valence electrons. The van der Waals surface area contributed by atoms with Crippen LogP contribution in [0, 0.1) is 0 Å². The molecule has 0 aromatic carbocycles. The maximum Gasteiger partial charge on any atom is 0.143 e. The molecule has 0 amide bonds. The fourth-order valence-electron chi connectivity index (χ4n) is 1.20. The van der Waals surface area contributed by atoms with Crippen LogP contribution in [0.4, 0.5) is 5.82 Å². The zero-order valence-corrected chi connectivity index (χ0v) is 10.5. The molecule has 1 aromatic rings. The molecule has 2 unspecified atom stereocenters. The van der Waals surface area contributed by atoms with E-state index in [-0.39, 0.29) is 5.38 Å². The first-order chi connectivity index (χ1) is 6.59. The molecule has 2 atom stereocenters. The van der Waals surface area contributed by atoms with E-state index in [2.05, 4.69) is 38.1 Å². The molecule has 1 N–H and O–H groups in total. The average Bonchev–Trinajstić information content (AvgIpc) is 2.07. The number of hydrogen-bond acceptors (Lipinski definition) is 3. The quantitative estimate of drug-likeness (QED) is 0.860. The topological polar surface area (TPSA) is 37.8 Å². The van der Waals surface area contributed by atoms with Gasteiger partial charge in [0.2, 0.25) is 0 Å². The van der Waals surface area contributed by atoms with Gasteiger partial charge in [-0.2, -0.15) is 0 Å². The van der Waals surface area contributed by atoms with Crippen LogP contribution in [0.1, 0.15) is 20.3 Å². The van der Waals surface area contributed by atoms with Crippen molar-refractivity contribution < 1.29 is 0 Å². The first-order valence-corrected chi connectivity index (χ1v) is 5.68. The monoisotopic (exact) mass is 277 g/mol. The van der Waals surface area contributed by atoms with Crippen LogP contribution in [0.2, 0.25) is 0 Å². The van der Waals surface area contributed by atoms with Crippen molar-refractivity contribution in [1.82, 2.24) is 9.97 Å². The first-order valence-electron chi connectivity index (χ1n) is 4.45. The summed E-state index contributed by atoms with van der Waals surface area (Å²) < 4.78 is 0.870. The Kier molecular flexibility index (Phi) is 4.62. The van der Waals surface area contributed by atoms with Gasteiger partial charge in [0.25, 0.3) is 0 Å². The van der Waals surface area contributed by atoms with Gasteiger partial charge >= 0.3 is 0 Å². The molecule has 0 spiro atoms.